The van der Waals surface area contributed by atoms with Crippen molar-refractivity contribution in [1.29, 1.82) is 0 Å². The second kappa shape index (κ2) is 7.99. The first-order valence-corrected chi connectivity index (χ1v) is 7.72. The van der Waals surface area contributed by atoms with Crippen LogP contribution in [-0.2, 0) is 6.54 Å². The first-order valence-electron chi connectivity index (χ1n) is 7.72. The van der Waals surface area contributed by atoms with Crippen LogP contribution in [-0.4, -0.2) is 25.9 Å². The minimum absolute atomic E-state index is 0.441. The van der Waals surface area contributed by atoms with Crippen LogP contribution in [0.4, 0.5) is 0 Å². The molecule has 23 heavy (non-hydrogen) atoms. The van der Waals surface area contributed by atoms with Crippen molar-refractivity contribution in [2.45, 2.75) is 26.5 Å². The summed E-state index contributed by atoms with van der Waals surface area (Å²) in [5.74, 6) is 1.36. The Kier molecular flexibility index (Phi) is 6.02. The predicted octanol–water partition coefficient (Wildman–Crippen LogP) is 3.14. The van der Waals surface area contributed by atoms with E-state index in [0.29, 0.717) is 24.6 Å². The van der Waals surface area contributed by atoms with E-state index in [1.165, 1.54) is 16.7 Å². The van der Waals surface area contributed by atoms with Crippen LogP contribution in [0.5, 0.6) is 11.5 Å². The monoisotopic (exact) mass is 315 g/mol. The zero-order valence-electron chi connectivity index (χ0n) is 14.2. The molecule has 2 rings (SSSR count). The molecule has 1 atom stereocenters. The van der Waals surface area contributed by atoms with Crippen molar-refractivity contribution < 1.29 is 14.6 Å². The van der Waals surface area contributed by atoms with E-state index in [1.807, 2.05) is 6.07 Å². The van der Waals surface area contributed by atoms with Crippen LogP contribution >= 0.6 is 0 Å². The molecule has 0 aliphatic heterocycles. The summed E-state index contributed by atoms with van der Waals surface area (Å²) >= 11 is 0. The maximum absolute atomic E-state index is 10.4. The molecular formula is C19H25NO3. The Morgan fingerprint density at radius 2 is 1.78 bits per heavy atom. The highest BCUT2D eigenvalue weighted by molar-refractivity contribution is 5.41. The predicted molar refractivity (Wildman–Crippen MR) is 92.1 cm³/mol. The molecule has 4 nitrogen and oxygen atoms in total. The van der Waals surface area contributed by atoms with Crippen molar-refractivity contribution in [2.24, 2.45) is 0 Å². The molecular weight excluding hydrogens is 290 g/mol. The van der Waals surface area contributed by atoms with E-state index in [2.05, 4.69) is 37.4 Å². The lowest BCUT2D eigenvalue weighted by Crippen LogP contribution is -2.21. The van der Waals surface area contributed by atoms with Crippen molar-refractivity contribution in [3.8, 4) is 11.5 Å². The fourth-order valence-corrected chi connectivity index (χ4v) is 2.48. The lowest BCUT2D eigenvalue weighted by molar-refractivity contribution is 0.169. The molecule has 0 bridgehead atoms. The molecule has 124 valence electrons. The van der Waals surface area contributed by atoms with Crippen molar-refractivity contribution in [1.82, 2.24) is 5.32 Å². The molecule has 2 aromatic carbocycles. The molecule has 0 amide bonds. The number of hydrogen-bond donors (Lipinski definition) is 2. The van der Waals surface area contributed by atoms with Gasteiger partial charge in [0.15, 0.2) is 0 Å². The molecule has 0 aromatic heterocycles. The fraction of sp³-hybridized carbons (Fsp3) is 0.368. The Bertz CT molecular complexity index is 655. The van der Waals surface area contributed by atoms with Gasteiger partial charge in [0.05, 0.1) is 20.3 Å². The molecule has 4 heteroatoms. The number of aryl methyl sites for hydroxylation is 2. The summed E-state index contributed by atoms with van der Waals surface area (Å²) in [5, 5.41) is 13.7. The molecule has 2 N–H and O–H groups in total. The minimum Gasteiger partial charge on any atom is -0.497 e. The Hall–Kier alpha value is -2.04. The maximum Gasteiger partial charge on any atom is 0.124 e. The van der Waals surface area contributed by atoms with E-state index in [9.17, 15) is 5.11 Å². The van der Waals surface area contributed by atoms with Crippen LogP contribution in [0.3, 0.4) is 0 Å². The third kappa shape index (κ3) is 4.47. The fourth-order valence-electron chi connectivity index (χ4n) is 2.48. The topological polar surface area (TPSA) is 50.7 Å². The van der Waals surface area contributed by atoms with E-state index in [1.54, 1.807) is 26.4 Å². The first-order chi connectivity index (χ1) is 11.0. The van der Waals surface area contributed by atoms with Crippen LogP contribution in [0.15, 0.2) is 36.4 Å². The standard InChI is InChI=1S/C19H25NO3/c1-13-5-6-15(9-14(13)2)11-20-12-18(21)17-10-16(22-3)7-8-19(17)23-4/h5-10,18,20-21H,11-12H2,1-4H3. The Morgan fingerprint density at radius 3 is 2.43 bits per heavy atom. The van der Waals surface area contributed by atoms with Gasteiger partial charge in [-0.1, -0.05) is 18.2 Å². The smallest absolute Gasteiger partial charge is 0.124 e. The molecule has 2 aromatic rings. The average Bonchev–Trinajstić information content (AvgIpc) is 2.57. The number of nitrogens with one attached hydrogen (secondary N) is 1. The molecule has 0 saturated carbocycles. The van der Waals surface area contributed by atoms with Gasteiger partial charge in [-0.15, -0.1) is 0 Å². The summed E-state index contributed by atoms with van der Waals surface area (Å²) in [5.41, 5.74) is 4.49. The number of aliphatic hydroxyl groups excluding tert-OH is 1. The average molecular weight is 315 g/mol. The van der Waals surface area contributed by atoms with Gasteiger partial charge in [-0.05, 0) is 48.7 Å². The van der Waals surface area contributed by atoms with E-state index >= 15 is 0 Å². The third-order valence-corrected chi connectivity index (χ3v) is 4.03. The van der Waals surface area contributed by atoms with Crippen LogP contribution in [0.1, 0.15) is 28.4 Å². The summed E-state index contributed by atoms with van der Waals surface area (Å²) in [6, 6.07) is 11.8. The summed E-state index contributed by atoms with van der Waals surface area (Å²) in [6.45, 7) is 5.36. The lowest BCUT2D eigenvalue weighted by Gasteiger charge is -2.17. The molecule has 0 spiro atoms. The van der Waals surface area contributed by atoms with Crippen molar-refractivity contribution in [2.75, 3.05) is 20.8 Å². The van der Waals surface area contributed by atoms with Gasteiger partial charge in [0.1, 0.15) is 11.5 Å². The number of rotatable bonds is 7. The molecule has 1 unspecified atom stereocenters. The number of benzene rings is 2. The molecule has 0 aliphatic rings. The number of aliphatic hydroxyl groups is 1. The summed E-state index contributed by atoms with van der Waals surface area (Å²) < 4.78 is 10.5. The van der Waals surface area contributed by atoms with Crippen molar-refractivity contribution >= 4 is 0 Å². The van der Waals surface area contributed by atoms with Crippen molar-refractivity contribution in [3.63, 3.8) is 0 Å². The zero-order valence-corrected chi connectivity index (χ0v) is 14.2. The quantitative estimate of drug-likeness (QED) is 0.824. The zero-order chi connectivity index (χ0) is 16.8. The Morgan fingerprint density at radius 1 is 1.00 bits per heavy atom. The van der Waals surface area contributed by atoms with Gasteiger partial charge >= 0.3 is 0 Å². The molecule has 0 radical (unpaired) electrons. The van der Waals surface area contributed by atoms with Crippen LogP contribution < -0.4 is 14.8 Å². The summed E-state index contributed by atoms with van der Waals surface area (Å²) in [4.78, 5) is 0. The minimum atomic E-state index is -0.661. The highest BCUT2D eigenvalue weighted by Gasteiger charge is 2.14. The third-order valence-electron chi connectivity index (χ3n) is 4.03. The van der Waals surface area contributed by atoms with Gasteiger partial charge in [-0.25, -0.2) is 0 Å². The van der Waals surface area contributed by atoms with Gasteiger partial charge in [0.25, 0.3) is 0 Å². The Labute approximate surface area is 138 Å². The summed E-state index contributed by atoms with van der Waals surface area (Å²) in [6.07, 6.45) is -0.661. The highest BCUT2D eigenvalue weighted by atomic mass is 16.5. The number of ether oxygens (including phenoxy) is 2. The molecule has 0 saturated heterocycles. The van der Waals surface area contributed by atoms with Crippen LogP contribution in [0.25, 0.3) is 0 Å². The number of hydrogen-bond acceptors (Lipinski definition) is 4. The van der Waals surface area contributed by atoms with Gasteiger partial charge < -0.3 is 19.9 Å². The highest BCUT2D eigenvalue weighted by Crippen LogP contribution is 2.29. The van der Waals surface area contributed by atoms with E-state index < -0.39 is 6.10 Å². The molecule has 0 fully saturated rings. The van der Waals surface area contributed by atoms with Crippen molar-refractivity contribution in [3.05, 3.63) is 58.7 Å². The van der Waals surface area contributed by atoms with Gasteiger partial charge in [-0.2, -0.15) is 0 Å². The Balaban J connectivity index is 1.99. The molecule has 0 aliphatic carbocycles. The van der Waals surface area contributed by atoms with Crippen LogP contribution in [0.2, 0.25) is 0 Å². The second-order valence-electron chi connectivity index (χ2n) is 5.67. The maximum atomic E-state index is 10.4. The normalized spacial score (nSPS) is 12.0. The first kappa shape index (κ1) is 17.3. The summed E-state index contributed by atoms with van der Waals surface area (Å²) in [7, 11) is 3.20. The van der Waals surface area contributed by atoms with Gasteiger partial charge in [0, 0.05) is 18.7 Å². The lowest BCUT2D eigenvalue weighted by atomic mass is 10.1. The van der Waals surface area contributed by atoms with E-state index in [0.717, 1.165) is 5.56 Å². The largest absolute Gasteiger partial charge is 0.497 e. The van der Waals surface area contributed by atoms with Crippen LogP contribution in [0, 0.1) is 13.8 Å². The van der Waals surface area contributed by atoms with Gasteiger partial charge in [0.2, 0.25) is 0 Å². The second-order valence-corrected chi connectivity index (χ2v) is 5.67. The molecule has 0 heterocycles. The van der Waals surface area contributed by atoms with E-state index in [-0.39, 0.29) is 0 Å². The van der Waals surface area contributed by atoms with E-state index in [4.69, 9.17) is 9.47 Å². The van der Waals surface area contributed by atoms with Gasteiger partial charge in [-0.3, -0.25) is 0 Å². The number of methoxy groups -OCH3 is 2. The SMILES string of the molecule is COc1ccc(OC)c(C(O)CNCc2ccc(C)c(C)c2)c1.